The number of benzene rings is 2. The smallest absolute Gasteiger partial charge is 0.123 e. The Morgan fingerprint density at radius 2 is 1.90 bits per heavy atom. The molecule has 2 aromatic carbocycles. The van der Waals surface area contributed by atoms with Gasteiger partial charge in [0.15, 0.2) is 0 Å². The molecular weight excluding hydrogens is 263 g/mol. The molecule has 2 nitrogen and oxygen atoms in total. The van der Waals surface area contributed by atoms with E-state index in [1.165, 1.54) is 23.4 Å². The van der Waals surface area contributed by atoms with Crippen molar-refractivity contribution in [2.45, 2.75) is 25.4 Å². The Labute approximate surface area is 125 Å². The van der Waals surface area contributed by atoms with Gasteiger partial charge in [-0.15, -0.1) is 0 Å². The largest absolute Gasteiger partial charge is 0.367 e. The second-order valence-corrected chi connectivity index (χ2v) is 5.59. The summed E-state index contributed by atoms with van der Waals surface area (Å²) in [6, 6.07) is 15.8. The highest BCUT2D eigenvalue weighted by Gasteiger charge is 2.21. The average molecular weight is 284 g/mol. The Hall–Kier alpha value is -1.87. The molecule has 110 valence electrons. The lowest BCUT2D eigenvalue weighted by atomic mass is 10.0. The van der Waals surface area contributed by atoms with E-state index in [1.807, 2.05) is 19.2 Å². The third-order valence-corrected chi connectivity index (χ3v) is 4.21. The van der Waals surface area contributed by atoms with Crippen molar-refractivity contribution in [2.75, 3.05) is 18.5 Å². The standard InChI is InChI=1S/C18H21FN2/c1-20-17-6-4-12-21(18-7-3-2-5-16(17)18)13-14-8-10-15(19)11-9-14/h2-3,5,7-11,17,20H,4,6,12-13H2,1H3. The Bertz CT molecular complexity index is 594. The molecule has 3 heteroatoms. The van der Waals surface area contributed by atoms with Crippen molar-refractivity contribution >= 4 is 5.69 Å². The molecular formula is C18H21FN2. The molecule has 0 spiro atoms. The van der Waals surface area contributed by atoms with Crippen LogP contribution in [0.5, 0.6) is 0 Å². The summed E-state index contributed by atoms with van der Waals surface area (Å²) >= 11 is 0. The van der Waals surface area contributed by atoms with Gasteiger partial charge in [-0.25, -0.2) is 4.39 Å². The zero-order valence-electron chi connectivity index (χ0n) is 12.3. The van der Waals surface area contributed by atoms with Gasteiger partial charge in [0, 0.05) is 24.8 Å². The molecule has 0 radical (unpaired) electrons. The summed E-state index contributed by atoms with van der Waals surface area (Å²) in [4.78, 5) is 2.40. The van der Waals surface area contributed by atoms with Gasteiger partial charge in [0.2, 0.25) is 0 Å². The van der Waals surface area contributed by atoms with Crippen molar-refractivity contribution < 1.29 is 4.39 Å². The molecule has 1 unspecified atom stereocenters. The van der Waals surface area contributed by atoms with Crippen LogP contribution >= 0.6 is 0 Å². The molecule has 1 heterocycles. The lowest BCUT2D eigenvalue weighted by molar-refractivity contribution is 0.541. The van der Waals surface area contributed by atoms with Gasteiger partial charge >= 0.3 is 0 Å². The van der Waals surface area contributed by atoms with Crippen molar-refractivity contribution in [1.29, 1.82) is 0 Å². The SMILES string of the molecule is CNC1CCCN(Cc2ccc(F)cc2)c2ccccc21. The van der Waals surface area contributed by atoms with Crippen molar-refractivity contribution in [3.05, 3.63) is 65.5 Å². The average Bonchev–Trinajstić information content (AvgIpc) is 2.69. The fourth-order valence-electron chi connectivity index (χ4n) is 3.11. The number of rotatable bonds is 3. The summed E-state index contributed by atoms with van der Waals surface area (Å²) in [5.41, 5.74) is 3.80. The van der Waals surface area contributed by atoms with Gasteiger partial charge in [0.25, 0.3) is 0 Å². The number of hydrogen-bond donors (Lipinski definition) is 1. The molecule has 0 fully saturated rings. The lowest BCUT2D eigenvalue weighted by Gasteiger charge is -2.26. The fourth-order valence-corrected chi connectivity index (χ4v) is 3.11. The summed E-state index contributed by atoms with van der Waals surface area (Å²) in [5, 5.41) is 3.42. The number of hydrogen-bond acceptors (Lipinski definition) is 2. The molecule has 0 aromatic heterocycles. The van der Waals surface area contributed by atoms with Crippen LogP contribution < -0.4 is 10.2 Å². The summed E-state index contributed by atoms with van der Waals surface area (Å²) in [6.07, 6.45) is 2.30. The molecule has 0 amide bonds. The normalized spacial score (nSPS) is 18.2. The fraction of sp³-hybridized carbons (Fsp3) is 0.333. The van der Waals surface area contributed by atoms with Crippen LogP contribution in [0.3, 0.4) is 0 Å². The van der Waals surface area contributed by atoms with Gasteiger partial charge in [-0.3, -0.25) is 0 Å². The highest BCUT2D eigenvalue weighted by Crippen LogP contribution is 2.33. The monoisotopic (exact) mass is 284 g/mol. The Balaban J connectivity index is 1.89. The minimum absolute atomic E-state index is 0.176. The zero-order valence-corrected chi connectivity index (χ0v) is 12.3. The topological polar surface area (TPSA) is 15.3 Å². The van der Waals surface area contributed by atoms with Crippen LogP contribution in [0.1, 0.15) is 30.0 Å². The van der Waals surface area contributed by atoms with Crippen LogP contribution in [0.2, 0.25) is 0 Å². The summed E-state index contributed by atoms with van der Waals surface area (Å²) in [6.45, 7) is 1.86. The third kappa shape index (κ3) is 3.08. The molecule has 1 N–H and O–H groups in total. The van der Waals surface area contributed by atoms with Crippen LogP contribution in [0.25, 0.3) is 0 Å². The lowest BCUT2D eigenvalue weighted by Crippen LogP contribution is -2.23. The molecule has 0 aliphatic carbocycles. The molecule has 2 aromatic rings. The molecule has 3 rings (SSSR count). The van der Waals surface area contributed by atoms with Gasteiger partial charge in [-0.2, -0.15) is 0 Å². The van der Waals surface area contributed by atoms with Crippen molar-refractivity contribution in [3.63, 3.8) is 0 Å². The maximum atomic E-state index is 13.0. The van der Waals surface area contributed by atoms with E-state index < -0.39 is 0 Å². The van der Waals surface area contributed by atoms with Crippen molar-refractivity contribution in [2.24, 2.45) is 0 Å². The highest BCUT2D eigenvalue weighted by molar-refractivity contribution is 5.56. The number of nitrogens with one attached hydrogen (secondary N) is 1. The van der Waals surface area contributed by atoms with E-state index in [4.69, 9.17) is 0 Å². The minimum atomic E-state index is -0.176. The predicted molar refractivity (Wildman–Crippen MR) is 84.9 cm³/mol. The quantitative estimate of drug-likeness (QED) is 0.920. The van der Waals surface area contributed by atoms with Gasteiger partial charge in [-0.05, 0) is 49.2 Å². The van der Waals surface area contributed by atoms with E-state index >= 15 is 0 Å². The summed E-state index contributed by atoms with van der Waals surface area (Å²) in [5.74, 6) is -0.176. The molecule has 0 saturated carbocycles. The van der Waals surface area contributed by atoms with Crippen LogP contribution in [0.4, 0.5) is 10.1 Å². The maximum absolute atomic E-state index is 13.0. The first-order valence-electron chi connectivity index (χ1n) is 7.53. The van der Waals surface area contributed by atoms with E-state index in [1.54, 1.807) is 0 Å². The van der Waals surface area contributed by atoms with E-state index in [-0.39, 0.29) is 5.82 Å². The minimum Gasteiger partial charge on any atom is -0.367 e. The van der Waals surface area contributed by atoms with E-state index in [0.717, 1.165) is 31.5 Å². The van der Waals surface area contributed by atoms with Gasteiger partial charge in [0.05, 0.1) is 0 Å². The Morgan fingerprint density at radius 1 is 1.14 bits per heavy atom. The Kier molecular flexibility index (Phi) is 4.20. The van der Waals surface area contributed by atoms with Crippen LogP contribution in [0.15, 0.2) is 48.5 Å². The van der Waals surface area contributed by atoms with E-state index in [0.29, 0.717) is 6.04 Å². The molecule has 1 aliphatic rings. The molecule has 1 atom stereocenters. The van der Waals surface area contributed by atoms with E-state index in [9.17, 15) is 4.39 Å². The molecule has 21 heavy (non-hydrogen) atoms. The number of nitrogens with zero attached hydrogens (tertiary/aromatic N) is 1. The maximum Gasteiger partial charge on any atom is 0.123 e. The molecule has 0 bridgehead atoms. The molecule has 1 aliphatic heterocycles. The number of para-hydroxylation sites is 1. The predicted octanol–water partition coefficient (Wildman–Crippen LogP) is 3.89. The van der Waals surface area contributed by atoms with Crippen molar-refractivity contribution in [1.82, 2.24) is 5.32 Å². The Morgan fingerprint density at radius 3 is 2.67 bits per heavy atom. The van der Waals surface area contributed by atoms with E-state index in [2.05, 4.69) is 34.5 Å². The second kappa shape index (κ2) is 6.27. The first kappa shape index (κ1) is 14.1. The first-order valence-corrected chi connectivity index (χ1v) is 7.53. The van der Waals surface area contributed by atoms with Crippen LogP contribution in [0, 0.1) is 5.82 Å². The van der Waals surface area contributed by atoms with Gasteiger partial charge < -0.3 is 10.2 Å². The second-order valence-electron chi connectivity index (χ2n) is 5.59. The number of anilines is 1. The zero-order chi connectivity index (χ0) is 14.7. The number of fused-ring (bicyclic) bond motifs is 1. The number of halogens is 1. The molecule has 0 saturated heterocycles. The first-order chi connectivity index (χ1) is 10.3. The summed E-state index contributed by atoms with van der Waals surface area (Å²) in [7, 11) is 2.02. The van der Waals surface area contributed by atoms with Crippen molar-refractivity contribution in [3.8, 4) is 0 Å². The van der Waals surface area contributed by atoms with Gasteiger partial charge in [0.1, 0.15) is 5.82 Å². The highest BCUT2D eigenvalue weighted by atomic mass is 19.1. The summed E-state index contributed by atoms with van der Waals surface area (Å²) < 4.78 is 13.0. The van der Waals surface area contributed by atoms with Gasteiger partial charge in [-0.1, -0.05) is 30.3 Å². The van der Waals surface area contributed by atoms with Crippen LogP contribution in [-0.2, 0) is 6.54 Å². The third-order valence-electron chi connectivity index (χ3n) is 4.21. The van der Waals surface area contributed by atoms with Crippen LogP contribution in [-0.4, -0.2) is 13.6 Å².